The highest BCUT2D eigenvalue weighted by Gasteiger charge is 2.28. The third kappa shape index (κ3) is 2.45. The van der Waals surface area contributed by atoms with Crippen LogP contribution in [-0.2, 0) is 0 Å². The normalized spacial score (nSPS) is 20.1. The van der Waals surface area contributed by atoms with Crippen LogP contribution in [-0.4, -0.2) is 17.7 Å². The average molecular weight is 311 g/mol. The molecule has 1 aromatic heterocycles. The first-order valence-electron chi connectivity index (χ1n) is 7.33. The first-order chi connectivity index (χ1) is 9.33. The Balaban J connectivity index is 0.00000121. The predicted molar refractivity (Wildman–Crippen MR) is 87.3 cm³/mol. The monoisotopic (exact) mass is 310 g/mol. The van der Waals surface area contributed by atoms with E-state index in [1.54, 1.807) is 0 Å². The molecule has 0 unspecified atom stereocenters. The Bertz CT molecular complexity index is 610. The molecule has 0 spiro atoms. The summed E-state index contributed by atoms with van der Waals surface area (Å²) in [7, 11) is 0. The second-order valence-electron chi connectivity index (χ2n) is 5.91. The fraction of sp³-hybridized carbons (Fsp3) is 0.500. The van der Waals surface area contributed by atoms with Gasteiger partial charge in [-0.1, -0.05) is 11.6 Å². The van der Waals surface area contributed by atoms with Crippen molar-refractivity contribution in [3.63, 3.8) is 0 Å². The Morgan fingerprint density at radius 2 is 1.85 bits per heavy atom. The van der Waals surface area contributed by atoms with Gasteiger partial charge in [0.05, 0.1) is 0 Å². The number of piperidine rings is 1. The molecule has 0 radical (unpaired) electrons. The Morgan fingerprint density at radius 3 is 2.55 bits per heavy atom. The maximum absolute atomic E-state index is 6.21. The van der Waals surface area contributed by atoms with Crippen LogP contribution in [0.4, 0.5) is 0 Å². The van der Waals surface area contributed by atoms with Crippen LogP contribution in [0.1, 0.15) is 43.2 Å². The quantitative estimate of drug-likeness (QED) is 0.863. The molecule has 1 aliphatic heterocycles. The first-order valence-corrected chi connectivity index (χ1v) is 7.71. The fourth-order valence-electron chi connectivity index (χ4n) is 3.37. The van der Waals surface area contributed by atoms with Crippen molar-refractivity contribution in [2.24, 2.45) is 0 Å². The molecule has 1 N–H and O–H groups in total. The summed E-state index contributed by atoms with van der Waals surface area (Å²) in [5.41, 5.74) is 2.89. The van der Waals surface area contributed by atoms with Crippen LogP contribution in [0.5, 0.6) is 0 Å². The molecule has 0 bridgehead atoms. The molecule has 2 aliphatic rings. The van der Waals surface area contributed by atoms with Crippen LogP contribution in [0.25, 0.3) is 10.9 Å². The lowest BCUT2D eigenvalue weighted by Gasteiger charge is -2.22. The zero-order chi connectivity index (χ0) is 12.8. The predicted octanol–water partition coefficient (Wildman–Crippen LogP) is 4.52. The minimum Gasteiger partial charge on any atom is -0.344 e. The van der Waals surface area contributed by atoms with Gasteiger partial charge in [0.1, 0.15) is 0 Å². The van der Waals surface area contributed by atoms with E-state index in [2.05, 4.69) is 28.2 Å². The van der Waals surface area contributed by atoms with E-state index in [0.717, 1.165) is 24.2 Å². The number of hydrogen-bond acceptors (Lipinski definition) is 1. The van der Waals surface area contributed by atoms with E-state index in [-0.39, 0.29) is 12.4 Å². The van der Waals surface area contributed by atoms with Gasteiger partial charge in [0.2, 0.25) is 0 Å². The summed E-state index contributed by atoms with van der Waals surface area (Å²) in [6.07, 6.45) is 7.57. The number of halogens is 2. The van der Waals surface area contributed by atoms with Crippen molar-refractivity contribution in [1.82, 2.24) is 9.88 Å². The van der Waals surface area contributed by atoms with Crippen molar-refractivity contribution >= 4 is 34.9 Å². The summed E-state index contributed by atoms with van der Waals surface area (Å²) in [5.74, 6) is 0.696. The van der Waals surface area contributed by atoms with Gasteiger partial charge < -0.3 is 9.88 Å². The summed E-state index contributed by atoms with van der Waals surface area (Å²) in [5, 5.41) is 5.69. The number of fused-ring (bicyclic) bond motifs is 1. The van der Waals surface area contributed by atoms with Crippen LogP contribution < -0.4 is 5.32 Å². The average Bonchev–Trinajstić information content (AvgIpc) is 3.21. The number of nitrogens with zero attached hydrogens (tertiary/aromatic N) is 1. The molecule has 108 valence electrons. The van der Waals surface area contributed by atoms with Gasteiger partial charge in [-0.15, -0.1) is 12.4 Å². The number of nitrogens with one attached hydrogen (secondary N) is 1. The van der Waals surface area contributed by atoms with Crippen molar-refractivity contribution in [1.29, 1.82) is 0 Å². The molecule has 1 saturated heterocycles. The van der Waals surface area contributed by atoms with Gasteiger partial charge in [-0.3, -0.25) is 0 Å². The molecule has 1 saturated carbocycles. The second kappa shape index (κ2) is 5.59. The second-order valence-corrected chi connectivity index (χ2v) is 6.35. The maximum Gasteiger partial charge on any atom is 0.0486 e. The molecule has 20 heavy (non-hydrogen) atoms. The van der Waals surface area contributed by atoms with E-state index >= 15 is 0 Å². The molecule has 4 heteroatoms. The van der Waals surface area contributed by atoms with E-state index < -0.39 is 0 Å². The van der Waals surface area contributed by atoms with E-state index in [1.165, 1.54) is 42.1 Å². The first kappa shape index (κ1) is 14.2. The molecule has 1 aliphatic carbocycles. The lowest BCUT2D eigenvalue weighted by molar-refractivity contribution is 0.461. The van der Waals surface area contributed by atoms with Crippen LogP contribution >= 0.6 is 24.0 Å². The smallest absolute Gasteiger partial charge is 0.0486 e. The minimum absolute atomic E-state index is 0. The third-order valence-corrected chi connectivity index (χ3v) is 4.78. The molecule has 2 nitrogen and oxygen atoms in total. The third-order valence-electron chi connectivity index (χ3n) is 4.55. The molecule has 4 rings (SSSR count). The van der Waals surface area contributed by atoms with Crippen molar-refractivity contribution in [3.8, 4) is 0 Å². The van der Waals surface area contributed by atoms with Crippen molar-refractivity contribution in [2.45, 2.75) is 37.6 Å². The summed E-state index contributed by atoms with van der Waals surface area (Å²) < 4.78 is 2.49. The fourth-order valence-corrected chi connectivity index (χ4v) is 3.54. The van der Waals surface area contributed by atoms with Crippen LogP contribution in [0.15, 0.2) is 24.4 Å². The molecular formula is C16H20Cl2N2. The topological polar surface area (TPSA) is 17.0 Å². The molecule has 0 atom stereocenters. The SMILES string of the molecule is Cl.Clc1ccc2c(c1)c(C1CCNCC1)cn2C1CC1. The van der Waals surface area contributed by atoms with Crippen LogP contribution in [0.3, 0.4) is 0 Å². The zero-order valence-corrected chi connectivity index (χ0v) is 13.0. The van der Waals surface area contributed by atoms with E-state index in [9.17, 15) is 0 Å². The largest absolute Gasteiger partial charge is 0.344 e. The highest BCUT2D eigenvalue weighted by atomic mass is 35.5. The number of benzene rings is 1. The van der Waals surface area contributed by atoms with E-state index in [1.807, 2.05) is 6.07 Å². The van der Waals surface area contributed by atoms with Crippen molar-refractivity contribution in [3.05, 3.63) is 35.0 Å². The maximum atomic E-state index is 6.21. The lowest BCUT2D eigenvalue weighted by Crippen LogP contribution is -2.26. The molecule has 1 aromatic carbocycles. The molecule has 2 fully saturated rings. The van der Waals surface area contributed by atoms with Gasteiger partial charge in [-0.25, -0.2) is 0 Å². The molecule has 0 amide bonds. The number of rotatable bonds is 2. The number of aromatic nitrogens is 1. The molecule has 2 aromatic rings. The van der Waals surface area contributed by atoms with Gasteiger partial charge in [0.25, 0.3) is 0 Å². The van der Waals surface area contributed by atoms with Gasteiger partial charge in [0, 0.05) is 28.2 Å². The highest BCUT2D eigenvalue weighted by Crippen LogP contribution is 2.42. The standard InChI is InChI=1S/C16H19ClN2.ClH/c17-12-1-4-16-14(9-12)15(10-19(16)13-2-3-13)11-5-7-18-8-6-11;/h1,4,9-11,13,18H,2-3,5-8H2;1H. The zero-order valence-electron chi connectivity index (χ0n) is 11.4. The lowest BCUT2D eigenvalue weighted by atomic mass is 9.90. The Kier molecular flexibility index (Phi) is 3.98. The van der Waals surface area contributed by atoms with Gasteiger partial charge in [-0.2, -0.15) is 0 Å². The summed E-state index contributed by atoms with van der Waals surface area (Å²) in [6.45, 7) is 2.28. The number of hydrogen-bond donors (Lipinski definition) is 1. The minimum atomic E-state index is 0. The summed E-state index contributed by atoms with van der Waals surface area (Å²) >= 11 is 6.21. The highest BCUT2D eigenvalue weighted by molar-refractivity contribution is 6.31. The summed E-state index contributed by atoms with van der Waals surface area (Å²) in [6, 6.07) is 7.11. The van der Waals surface area contributed by atoms with Gasteiger partial charge in [0.15, 0.2) is 0 Å². The van der Waals surface area contributed by atoms with Crippen molar-refractivity contribution < 1.29 is 0 Å². The van der Waals surface area contributed by atoms with E-state index in [4.69, 9.17) is 11.6 Å². The van der Waals surface area contributed by atoms with Crippen LogP contribution in [0, 0.1) is 0 Å². The van der Waals surface area contributed by atoms with Gasteiger partial charge in [-0.05, 0) is 68.5 Å². The Hall–Kier alpha value is -0.700. The molecule has 2 heterocycles. The van der Waals surface area contributed by atoms with Crippen LogP contribution in [0.2, 0.25) is 5.02 Å². The Labute approximate surface area is 130 Å². The Morgan fingerprint density at radius 1 is 1.10 bits per heavy atom. The summed E-state index contributed by atoms with van der Waals surface area (Å²) in [4.78, 5) is 0. The van der Waals surface area contributed by atoms with E-state index in [0.29, 0.717) is 5.92 Å². The molecular weight excluding hydrogens is 291 g/mol. The van der Waals surface area contributed by atoms with Gasteiger partial charge >= 0.3 is 0 Å². The van der Waals surface area contributed by atoms with Crippen molar-refractivity contribution in [2.75, 3.05) is 13.1 Å².